The van der Waals surface area contributed by atoms with Crippen LogP contribution in [-0.4, -0.2) is 24.0 Å². The molecule has 1 aromatic carbocycles. The number of aromatic nitrogens is 1. The number of hydrogen-bond donors (Lipinski definition) is 2. The Bertz CT molecular complexity index is 975. The molecule has 1 amide bonds. The summed E-state index contributed by atoms with van der Waals surface area (Å²) in [5.41, 5.74) is 4.34. The van der Waals surface area contributed by atoms with Crippen LogP contribution in [-0.2, 0) is 22.4 Å². The summed E-state index contributed by atoms with van der Waals surface area (Å²) in [6, 6.07) is 9.22. The minimum atomic E-state index is -0.388. The lowest BCUT2D eigenvalue weighted by Gasteiger charge is -2.16. The monoisotopic (exact) mass is 382 g/mol. The zero-order valence-electron chi connectivity index (χ0n) is 15.2. The molecule has 1 unspecified atom stereocenters. The second-order valence-corrected chi connectivity index (χ2v) is 7.85. The third kappa shape index (κ3) is 3.62. The van der Waals surface area contributed by atoms with Crippen molar-refractivity contribution < 1.29 is 14.3 Å². The highest BCUT2D eigenvalue weighted by atomic mass is 32.1. The van der Waals surface area contributed by atoms with E-state index in [1.807, 2.05) is 35.7 Å². The average molecular weight is 382 g/mol. The molecule has 4 rings (SSSR count). The number of ether oxygens (including phenoxy) is 1. The van der Waals surface area contributed by atoms with Crippen LogP contribution >= 0.6 is 11.3 Å². The van der Waals surface area contributed by atoms with Gasteiger partial charge in [0.25, 0.3) is 5.91 Å². The smallest absolute Gasteiger partial charge is 0.307 e. The number of rotatable bonds is 5. The highest BCUT2D eigenvalue weighted by molar-refractivity contribution is 7.10. The van der Waals surface area contributed by atoms with E-state index in [2.05, 4.69) is 10.3 Å². The lowest BCUT2D eigenvalue weighted by molar-refractivity contribution is -0.141. The van der Waals surface area contributed by atoms with Gasteiger partial charge in [-0.2, -0.15) is 0 Å². The number of thiophene rings is 1. The molecular formula is C21H22N2O3S. The van der Waals surface area contributed by atoms with Crippen LogP contribution in [0.3, 0.4) is 0 Å². The second-order valence-electron chi connectivity index (χ2n) is 6.87. The van der Waals surface area contributed by atoms with Crippen molar-refractivity contribution in [3.8, 4) is 0 Å². The van der Waals surface area contributed by atoms with E-state index in [0.29, 0.717) is 5.56 Å². The first-order valence-electron chi connectivity index (χ1n) is 9.20. The molecule has 2 aromatic heterocycles. The molecule has 5 nitrogen and oxygen atoms in total. The average Bonchev–Trinajstić information content (AvgIpc) is 3.34. The third-order valence-electron chi connectivity index (χ3n) is 5.15. The van der Waals surface area contributed by atoms with Gasteiger partial charge in [-0.05, 0) is 60.9 Å². The van der Waals surface area contributed by atoms with Crippen LogP contribution in [0.5, 0.6) is 0 Å². The van der Waals surface area contributed by atoms with E-state index >= 15 is 0 Å². The van der Waals surface area contributed by atoms with Crippen molar-refractivity contribution in [2.24, 2.45) is 0 Å². The first-order valence-corrected chi connectivity index (χ1v) is 10.1. The molecule has 0 aliphatic heterocycles. The van der Waals surface area contributed by atoms with Gasteiger partial charge in [-0.25, -0.2) is 0 Å². The van der Waals surface area contributed by atoms with Crippen molar-refractivity contribution >= 4 is 34.1 Å². The number of aryl methyl sites for hydroxylation is 2. The van der Waals surface area contributed by atoms with Gasteiger partial charge in [0, 0.05) is 27.0 Å². The third-order valence-corrected chi connectivity index (χ3v) is 6.14. The number of esters is 1. The van der Waals surface area contributed by atoms with Crippen molar-refractivity contribution in [2.75, 3.05) is 7.11 Å². The predicted octanol–water partition coefficient (Wildman–Crippen LogP) is 4.14. The molecule has 2 heterocycles. The van der Waals surface area contributed by atoms with Gasteiger partial charge < -0.3 is 15.0 Å². The van der Waals surface area contributed by atoms with Crippen LogP contribution in [0.25, 0.3) is 10.9 Å². The Balaban J connectivity index is 1.60. The zero-order valence-corrected chi connectivity index (χ0v) is 16.0. The molecule has 140 valence electrons. The Labute approximate surface area is 161 Å². The van der Waals surface area contributed by atoms with Crippen molar-refractivity contribution in [3.63, 3.8) is 0 Å². The Morgan fingerprint density at radius 1 is 1.26 bits per heavy atom. The first-order chi connectivity index (χ1) is 13.2. The summed E-state index contributed by atoms with van der Waals surface area (Å²) in [6.45, 7) is 0. The topological polar surface area (TPSA) is 71.2 Å². The lowest BCUT2D eigenvalue weighted by Crippen LogP contribution is -2.30. The molecule has 0 spiro atoms. The molecule has 1 atom stereocenters. The van der Waals surface area contributed by atoms with Gasteiger partial charge in [-0.3, -0.25) is 9.59 Å². The van der Waals surface area contributed by atoms with Crippen molar-refractivity contribution in [2.45, 2.75) is 38.1 Å². The number of aromatic amines is 1. The molecule has 27 heavy (non-hydrogen) atoms. The van der Waals surface area contributed by atoms with Gasteiger partial charge in [0.15, 0.2) is 0 Å². The normalized spacial score (nSPS) is 14.6. The maximum atomic E-state index is 12.9. The fourth-order valence-corrected chi connectivity index (χ4v) is 4.53. The van der Waals surface area contributed by atoms with E-state index in [1.54, 1.807) is 0 Å². The highest BCUT2D eigenvalue weighted by Crippen LogP contribution is 2.30. The van der Waals surface area contributed by atoms with Crippen LogP contribution in [0, 0.1) is 0 Å². The Morgan fingerprint density at radius 2 is 2.11 bits per heavy atom. The number of fused-ring (bicyclic) bond motifs is 3. The van der Waals surface area contributed by atoms with Crippen molar-refractivity contribution in [1.29, 1.82) is 0 Å². The number of methoxy groups -OCH3 is 1. The van der Waals surface area contributed by atoms with Crippen LogP contribution in [0.4, 0.5) is 0 Å². The van der Waals surface area contributed by atoms with E-state index in [-0.39, 0.29) is 24.3 Å². The summed E-state index contributed by atoms with van der Waals surface area (Å²) in [6.07, 6.45) is 4.65. The molecule has 0 saturated heterocycles. The van der Waals surface area contributed by atoms with Crippen molar-refractivity contribution in [1.82, 2.24) is 10.3 Å². The van der Waals surface area contributed by atoms with Gasteiger partial charge >= 0.3 is 5.97 Å². The van der Waals surface area contributed by atoms with Gasteiger partial charge in [0.2, 0.25) is 0 Å². The number of carbonyl (C=O) groups is 2. The Hall–Kier alpha value is -2.60. The van der Waals surface area contributed by atoms with Crippen LogP contribution in [0.2, 0.25) is 0 Å². The molecule has 6 heteroatoms. The SMILES string of the molecule is COC(=O)CC(NC(=O)c1ccc2[nH]c3c(c2c1)CCCC3)c1cccs1. The molecule has 0 fully saturated rings. The standard InChI is InChI=1S/C21H22N2O3S/c1-26-20(24)12-18(19-7-4-10-27-19)23-21(25)13-8-9-17-15(11-13)14-5-2-3-6-16(14)22-17/h4,7-11,18,22H,2-3,5-6,12H2,1H3,(H,23,25). The summed E-state index contributed by atoms with van der Waals surface area (Å²) in [5.74, 6) is -0.520. The Kier molecular flexibility index (Phi) is 4.99. The zero-order chi connectivity index (χ0) is 18.8. The molecule has 0 bridgehead atoms. The molecule has 1 aliphatic carbocycles. The number of carbonyl (C=O) groups excluding carboxylic acids is 2. The second kappa shape index (κ2) is 7.56. The van der Waals surface area contributed by atoms with E-state index in [4.69, 9.17) is 4.74 Å². The minimum Gasteiger partial charge on any atom is -0.469 e. The Morgan fingerprint density at radius 3 is 2.89 bits per heavy atom. The van der Waals surface area contributed by atoms with Gasteiger partial charge in [-0.1, -0.05) is 6.07 Å². The fraction of sp³-hybridized carbons (Fsp3) is 0.333. The summed E-state index contributed by atoms with van der Waals surface area (Å²) < 4.78 is 4.79. The maximum Gasteiger partial charge on any atom is 0.307 e. The van der Waals surface area contributed by atoms with E-state index in [9.17, 15) is 9.59 Å². The first kappa shape index (κ1) is 17.8. The van der Waals surface area contributed by atoms with Crippen LogP contribution in [0.15, 0.2) is 35.7 Å². The molecule has 0 radical (unpaired) electrons. The number of H-pyrrole nitrogens is 1. The number of nitrogens with one attached hydrogen (secondary N) is 2. The van der Waals surface area contributed by atoms with Gasteiger partial charge in [0.1, 0.15) is 0 Å². The molecule has 2 N–H and O–H groups in total. The summed E-state index contributed by atoms with van der Waals surface area (Å²) >= 11 is 1.52. The quantitative estimate of drug-likeness (QED) is 0.652. The molecule has 0 saturated carbocycles. The van der Waals surface area contributed by atoms with Crippen LogP contribution < -0.4 is 5.32 Å². The van der Waals surface area contributed by atoms with Gasteiger partial charge in [0.05, 0.1) is 19.6 Å². The molecule has 1 aliphatic rings. The van der Waals surface area contributed by atoms with E-state index in [1.165, 1.54) is 42.5 Å². The van der Waals surface area contributed by atoms with E-state index in [0.717, 1.165) is 28.6 Å². The summed E-state index contributed by atoms with van der Waals surface area (Å²) in [4.78, 5) is 29.1. The van der Waals surface area contributed by atoms with Gasteiger partial charge in [-0.15, -0.1) is 11.3 Å². The van der Waals surface area contributed by atoms with Crippen LogP contribution in [0.1, 0.15) is 51.8 Å². The number of benzene rings is 1. The summed E-state index contributed by atoms with van der Waals surface area (Å²) in [5, 5.41) is 6.07. The number of amides is 1. The van der Waals surface area contributed by atoms with E-state index < -0.39 is 0 Å². The highest BCUT2D eigenvalue weighted by Gasteiger charge is 2.22. The largest absolute Gasteiger partial charge is 0.469 e. The summed E-state index contributed by atoms with van der Waals surface area (Å²) in [7, 11) is 1.36. The lowest BCUT2D eigenvalue weighted by atomic mass is 9.95. The predicted molar refractivity (Wildman–Crippen MR) is 106 cm³/mol. The maximum absolute atomic E-state index is 12.9. The molecule has 3 aromatic rings. The number of hydrogen-bond acceptors (Lipinski definition) is 4. The minimum absolute atomic E-state index is 0.116. The van der Waals surface area contributed by atoms with Crippen molar-refractivity contribution in [3.05, 3.63) is 57.4 Å². The molecular weight excluding hydrogens is 360 g/mol. The fourth-order valence-electron chi connectivity index (χ4n) is 3.75.